The number of nitrogens with one attached hydrogen (secondary N) is 1. The first kappa shape index (κ1) is 12.1. The van der Waals surface area contributed by atoms with Crippen molar-refractivity contribution in [3.8, 4) is 0 Å². The van der Waals surface area contributed by atoms with Gasteiger partial charge in [-0.05, 0) is 23.4 Å². The molecule has 1 saturated heterocycles. The lowest BCUT2D eigenvalue weighted by atomic mass is 10.2. The van der Waals surface area contributed by atoms with Crippen molar-refractivity contribution in [1.29, 1.82) is 0 Å². The van der Waals surface area contributed by atoms with E-state index in [2.05, 4.69) is 5.32 Å². The van der Waals surface area contributed by atoms with E-state index in [0.29, 0.717) is 26.1 Å². The van der Waals surface area contributed by atoms with Crippen LogP contribution in [-0.2, 0) is 11.2 Å². The third-order valence-corrected chi connectivity index (χ3v) is 3.87. The van der Waals surface area contributed by atoms with Crippen molar-refractivity contribution in [2.75, 3.05) is 19.6 Å². The molecular weight excluding hydrogens is 236 g/mol. The van der Waals surface area contributed by atoms with Crippen LogP contribution in [0.1, 0.15) is 28.6 Å². The second-order valence-corrected chi connectivity index (χ2v) is 4.94. The molecule has 0 saturated carbocycles. The number of rotatable bonds is 2. The smallest absolute Gasteiger partial charge is 0.264 e. The second kappa shape index (κ2) is 5.31. The molecule has 1 fully saturated rings. The molecule has 5 heteroatoms. The van der Waals surface area contributed by atoms with Crippen LogP contribution in [0.3, 0.4) is 0 Å². The van der Waals surface area contributed by atoms with Gasteiger partial charge in [-0.2, -0.15) is 0 Å². The van der Waals surface area contributed by atoms with Crippen LogP contribution in [0.15, 0.2) is 11.4 Å². The van der Waals surface area contributed by atoms with Gasteiger partial charge in [0.2, 0.25) is 5.91 Å². The molecule has 1 aliphatic rings. The van der Waals surface area contributed by atoms with Crippen molar-refractivity contribution in [3.05, 3.63) is 21.9 Å². The topological polar surface area (TPSA) is 49.4 Å². The third-order valence-electron chi connectivity index (χ3n) is 2.92. The Bertz CT molecular complexity index is 428. The fraction of sp³-hybridized carbons (Fsp3) is 0.500. The summed E-state index contributed by atoms with van der Waals surface area (Å²) in [7, 11) is 0. The van der Waals surface area contributed by atoms with E-state index in [1.165, 1.54) is 11.3 Å². The number of hydrogen-bond acceptors (Lipinski definition) is 3. The van der Waals surface area contributed by atoms with Crippen LogP contribution >= 0.6 is 11.3 Å². The standard InChI is InChI=1S/C12H16N2O2S/c1-2-9-4-8-17-11(9)12(16)14-6-3-10(15)13-5-7-14/h4,8H,2-3,5-7H2,1H3,(H,13,15). The molecule has 1 aliphatic heterocycles. The van der Waals surface area contributed by atoms with Crippen LogP contribution in [0.5, 0.6) is 0 Å². The maximum absolute atomic E-state index is 12.3. The highest BCUT2D eigenvalue weighted by atomic mass is 32.1. The van der Waals surface area contributed by atoms with Crippen molar-refractivity contribution in [3.63, 3.8) is 0 Å². The average Bonchev–Trinajstić information content (AvgIpc) is 2.70. The average molecular weight is 252 g/mol. The lowest BCUT2D eigenvalue weighted by molar-refractivity contribution is -0.120. The molecule has 1 aromatic heterocycles. The molecule has 2 heterocycles. The number of hydrogen-bond donors (Lipinski definition) is 1. The van der Waals surface area contributed by atoms with E-state index in [0.717, 1.165) is 16.9 Å². The summed E-state index contributed by atoms with van der Waals surface area (Å²) in [4.78, 5) is 26.1. The molecule has 0 atom stereocenters. The Labute approximate surface area is 105 Å². The minimum absolute atomic E-state index is 0.0298. The molecule has 1 aromatic rings. The van der Waals surface area contributed by atoms with Crippen LogP contribution in [0.4, 0.5) is 0 Å². The number of carbonyl (C=O) groups is 2. The zero-order chi connectivity index (χ0) is 12.3. The number of amides is 2. The monoisotopic (exact) mass is 252 g/mol. The third kappa shape index (κ3) is 2.66. The van der Waals surface area contributed by atoms with Crippen LogP contribution in [0.25, 0.3) is 0 Å². The zero-order valence-corrected chi connectivity index (χ0v) is 10.7. The molecule has 0 radical (unpaired) electrons. The normalized spacial score (nSPS) is 16.5. The lowest BCUT2D eigenvalue weighted by Crippen LogP contribution is -2.34. The van der Waals surface area contributed by atoms with E-state index in [4.69, 9.17) is 0 Å². The molecule has 4 nitrogen and oxygen atoms in total. The predicted molar refractivity (Wildman–Crippen MR) is 67.2 cm³/mol. The summed E-state index contributed by atoms with van der Waals surface area (Å²) < 4.78 is 0. The first-order valence-electron chi connectivity index (χ1n) is 5.84. The molecule has 0 aromatic carbocycles. The first-order valence-corrected chi connectivity index (χ1v) is 6.72. The van der Waals surface area contributed by atoms with Gasteiger partial charge in [-0.25, -0.2) is 0 Å². The Morgan fingerprint density at radius 1 is 1.53 bits per heavy atom. The number of nitrogens with zero attached hydrogens (tertiary/aromatic N) is 1. The predicted octanol–water partition coefficient (Wildman–Crippen LogP) is 1.27. The number of carbonyl (C=O) groups excluding carboxylic acids is 2. The highest BCUT2D eigenvalue weighted by molar-refractivity contribution is 7.12. The van der Waals surface area contributed by atoms with E-state index in [-0.39, 0.29) is 11.8 Å². The largest absolute Gasteiger partial charge is 0.354 e. The van der Waals surface area contributed by atoms with Gasteiger partial charge in [0, 0.05) is 26.1 Å². The van der Waals surface area contributed by atoms with Gasteiger partial charge < -0.3 is 10.2 Å². The second-order valence-electron chi connectivity index (χ2n) is 4.02. The number of aryl methyl sites for hydroxylation is 1. The van der Waals surface area contributed by atoms with Gasteiger partial charge in [0.15, 0.2) is 0 Å². The van der Waals surface area contributed by atoms with Gasteiger partial charge in [-0.15, -0.1) is 11.3 Å². The molecule has 0 unspecified atom stereocenters. The van der Waals surface area contributed by atoms with Crippen molar-refractivity contribution < 1.29 is 9.59 Å². The Hall–Kier alpha value is -1.36. The number of thiophene rings is 1. The summed E-state index contributed by atoms with van der Waals surface area (Å²) in [6, 6.07) is 2.00. The van der Waals surface area contributed by atoms with Gasteiger partial charge in [0.1, 0.15) is 0 Å². The minimum Gasteiger partial charge on any atom is -0.354 e. The fourth-order valence-corrected chi connectivity index (χ4v) is 2.88. The van der Waals surface area contributed by atoms with Gasteiger partial charge in [-0.3, -0.25) is 9.59 Å². The summed E-state index contributed by atoms with van der Waals surface area (Å²) in [6.07, 6.45) is 1.27. The highest BCUT2D eigenvalue weighted by Crippen LogP contribution is 2.19. The molecule has 0 spiro atoms. The highest BCUT2D eigenvalue weighted by Gasteiger charge is 2.22. The quantitative estimate of drug-likeness (QED) is 0.862. The van der Waals surface area contributed by atoms with Crippen molar-refractivity contribution in [2.45, 2.75) is 19.8 Å². The van der Waals surface area contributed by atoms with Gasteiger partial charge in [-0.1, -0.05) is 6.92 Å². The first-order chi connectivity index (χ1) is 8.22. The summed E-state index contributed by atoms with van der Waals surface area (Å²) >= 11 is 1.49. The molecule has 1 N–H and O–H groups in total. The van der Waals surface area contributed by atoms with Gasteiger partial charge >= 0.3 is 0 Å². The molecular formula is C12H16N2O2S. The Balaban J connectivity index is 2.11. The summed E-state index contributed by atoms with van der Waals surface area (Å²) in [5.41, 5.74) is 1.10. The van der Waals surface area contributed by atoms with Crippen molar-refractivity contribution in [1.82, 2.24) is 10.2 Å². The van der Waals surface area contributed by atoms with Crippen molar-refractivity contribution >= 4 is 23.2 Å². The molecule has 17 heavy (non-hydrogen) atoms. The Kier molecular flexibility index (Phi) is 3.78. The van der Waals surface area contributed by atoms with Gasteiger partial charge in [0.05, 0.1) is 4.88 Å². The fourth-order valence-electron chi connectivity index (χ4n) is 1.92. The maximum atomic E-state index is 12.3. The minimum atomic E-state index is 0.0298. The summed E-state index contributed by atoms with van der Waals surface area (Å²) in [5, 5.41) is 4.73. The van der Waals surface area contributed by atoms with E-state index >= 15 is 0 Å². The maximum Gasteiger partial charge on any atom is 0.264 e. The zero-order valence-electron chi connectivity index (χ0n) is 9.86. The van der Waals surface area contributed by atoms with Gasteiger partial charge in [0.25, 0.3) is 5.91 Å². The molecule has 2 rings (SSSR count). The Morgan fingerprint density at radius 3 is 3.12 bits per heavy atom. The van der Waals surface area contributed by atoms with Crippen LogP contribution in [-0.4, -0.2) is 36.3 Å². The molecule has 2 amide bonds. The molecule has 92 valence electrons. The summed E-state index contributed by atoms with van der Waals surface area (Å²) in [5.74, 6) is 0.0931. The van der Waals surface area contributed by atoms with Crippen LogP contribution in [0, 0.1) is 0 Å². The lowest BCUT2D eigenvalue weighted by Gasteiger charge is -2.19. The SMILES string of the molecule is CCc1ccsc1C(=O)N1CCNC(=O)CC1. The van der Waals surface area contributed by atoms with E-state index < -0.39 is 0 Å². The molecule has 0 aliphatic carbocycles. The van der Waals surface area contributed by atoms with Crippen molar-refractivity contribution in [2.24, 2.45) is 0 Å². The van der Waals surface area contributed by atoms with Crippen LogP contribution < -0.4 is 5.32 Å². The summed E-state index contributed by atoms with van der Waals surface area (Å²) in [6.45, 7) is 3.72. The van der Waals surface area contributed by atoms with E-state index in [1.807, 2.05) is 18.4 Å². The van der Waals surface area contributed by atoms with Crippen LogP contribution in [0.2, 0.25) is 0 Å². The Morgan fingerprint density at radius 2 is 2.35 bits per heavy atom. The van der Waals surface area contributed by atoms with E-state index in [1.54, 1.807) is 4.90 Å². The van der Waals surface area contributed by atoms with E-state index in [9.17, 15) is 9.59 Å². The molecule has 0 bridgehead atoms.